The van der Waals surface area contributed by atoms with E-state index < -0.39 is 5.41 Å². The third-order valence-corrected chi connectivity index (χ3v) is 3.81. The first-order valence-corrected chi connectivity index (χ1v) is 5.95. The molecule has 0 unspecified atom stereocenters. The number of carbonyl (C=O) groups is 1. The monoisotopic (exact) mass is 236 g/mol. The van der Waals surface area contributed by atoms with Gasteiger partial charge in [0.25, 0.3) is 0 Å². The van der Waals surface area contributed by atoms with Gasteiger partial charge in [0.15, 0.2) is 0 Å². The average molecular weight is 236 g/mol. The van der Waals surface area contributed by atoms with Crippen LogP contribution in [0.25, 0.3) is 0 Å². The van der Waals surface area contributed by atoms with Crippen LogP contribution in [-0.4, -0.2) is 12.9 Å². The second kappa shape index (κ2) is 4.47. The van der Waals surface area contributed by atoms with Crippen LogP contribution < -0.4 is 4.74 Å². The average Bonchev–Trinajstić information content (AvgIpc) is 2.79. The zero-order valence-corrected chi connectivity index (χ0v) is 10.3. The van der Waals surface area contributed by atoms with Gasteiger partial charge in [-0.2, -0.15) is 0 Å². The Balaban J connectivity index is 2.56. The number of carbonyl (C=O) groups excluding carboxylic acids is 1. The van der Waals surface area contributed by atoms with Gasteiger partial charge in [-0.15, -0.1) is 0 Å². The second-order valence-electron chi connectivity index (χ2n) is 4.69. The maximum atomic E-state index is 13.4. The van der Waals surface area contributed by atoms with Gasteiger partial charge in [-0.3, -0.25) is 4.79 Å². The largest absolute Gasteiger partial charge is 0.496 e. The molecule has 1 fully saturated rings. The summed E-state index contributed by atoms with van der Waals surface area (Å²) in [6, 6.07) is 4.42. The Hall–Kier alpha value is -1.38. The first kappa shape index (κ1) is 12.1. The molecule has 1 aliphatic carbocycles. The van der Waals surface area contributed by atoms with Crippen LogP contribution in [0.15, 0.2) is 18.2 Å². The van der Waals surface area contributed by atoms with Gasteiger partial charge in [-0.05, 0) is 38.0 Å². The van der Waals surface area contributed by atoms with E-state index in [1.54, 1.807) is 20.1 Å². The number of hydrogen-bond donors (Lipinski definition) is 0. The summed E-state index contributed by atoms with van der Waals surface area (Å²) in [5, 5.41) is 0. The standard InChI is InChI=1S/C14H17FO2/c1-10(16)14(7-3-4-8-14)12-9-11(15)5-6-13(12)17-2/h5-6,9H,3-4,7-8H2,1-2H3. The van der Waals surface area contributed by atoms with Gasteiger partial charge in [0.05, 0.1) is 12.5 Å². The van der Waals surface area contributed by atoms with Crippen LogP contribution >= 0.6 is 0 Å². The van der Waals surface area contributed by atoms with Gasteiger partial charge in [0, 0.05) is 5.56 Å². The Morgan fingerprint density at radius 3 is 2.53 bits per heavy atom. The molecule has 0 heterocycles. The van der Waals surface area contributed by atoms with Crippen LogP contribution in [0.4, 0.5) is 4.39 Å². The summed E-state index contributed by atoms with van der Waals surface area (Å²) < 4.78 is 18.7. The van der Waals surface area contributed by atoms with Crippen molar-refractivity contribution in [2.24, 2.45) is 0 Å². The van der Waals surface area contributed by atoms with Crippen LogP contribution in [0.2, 0.25) is 0 Å². The van der Waals surface area contributed by atoms with Gasteiger partial charge < -0.3 is 4.74 Å². The number of benzene rings is 1. The Morgan fingerprint density at radius 2 is 2.00 bits per heavy atom. The maximum Gasteiger partial charge on any atom is 0.140 e. The van der Waals surface area contributed by atoms with Crippen LogP contribution in [0.1, 0.15) is 38.2 Å². The molecule has 1 saturated carbocycles. The summed E-state index contributed by atoms with van der Waals surface area (Å²) in [6.07, 6.45) is 3.61. The van der Waals surface area contributed by atoms with Crippen molar-refractivity contribution in [2.45, 2.75) is 38.0 Å². The Morgan fingerprint density at radius 1 is 1.35 bits per heavy atom. The van der Waals surface area contributed by atoms with Gasteiger partial charge in [-0.1, -0.05) is 12.8 Å². The lowest BCUT2D eigenvalue weighted by Crippen LogP contribution is -2.31. The van der Waals surface area contributed by atoms with E-state index in [2.05, 4.69) is 0 Å². The Labute approximate surface area is 101 Å². The van der Waals surface area contributed by atoms with Crippen molar-refractivity contribution >= 4 is 5.78 Å². The summed E-state index contributed by atoms with van der Waals surface area (Å²) in [6.45, 7) is 1.59. The predicted octanol–water partition coefficient (Wildman–Crippen LogP) is 3.24. The summed E-state index contributed by atoms with van der Waals surface area (Å²) in [4.78, 5) is 12.0. The van der Waals surface area contributed by atoms with Gasteiger partial charge >= 0.3 is 0 Å². The highest BCUT2D eigenvalue weighted by molar-refractivity contribution is 5.89. The van der Waals surface area contributed by atoms with E-state index >= 15 is 0 Å². The topological polar surface area (TPSA) is 26.3 Å². The zero-order chi connectivity index (χ0) is 12.5. The van der Waals surface area contributed by atoms with Crippen LogP contribution in [-0.2, 0) is 10.2 Å². The molecule has 0 aromatic heterocycles. The first-order valence-electron chi connectivity index (χ1n) is 5.95. The van der Waals surface area contributed by atoms with Crippen molar-refractivity contribution in [3.05, 3.63) is 29.6 Å². The lowest BCUT2D eigenvalue weighted by Gasteiger charge is -2.28. The number of rotatable bonds is 3. The highest BCUT2D eigenvalue weighted by Crippen LogP contribution is 2.45. The maximum absolute atomic E-state index is 13.4. The second-order valence-corrected chi connectivity index (χ2v) is 4.69. The molecule has 0 radical (unpaired) electrons. The fourth-order valence-corrected chi connectivity index (χ4v) is 2.84. The number of ketones is 1. The van der Waals surface area contributed by atoms with Crippen molar-refractivity contribution in [3.63, 3.8) is 0 Å². The summed E-state index contributed by atoms with van der Waals surface area (Å²) in [5.41, 5.74) is 0.179. The molecule has 2 nitrogen and oxygen atoms in total. The van der Waals surface area contributed by atoms with Crippen molar-refractivity contribution in [2.75, 3.05) is 7.11 Å². The molecule has 17 heavy (non-hydrogen) atoms. The highest BCUT2D eigenvalue weighted by atomic mass is 19.1. The fourth-order valence-electron chi connectivity index (χ4n) is 2.84. The van der Waals surface area contributed by atoms with Gasteiger partial charge in [-0.25, -0.2) is 4.39 Å². The Bertz CT molecular complexity index is 434. The minimum absolute atomic E-state index is 0.110. The van der Waals surface area contributed by atoms with E-state index in [1.165, 1.54) is 12.1 Å². The molecule has 0 spiro atoms. The molecule has 0 saturated heterocycles. The van der Waals surface area contributed by atoms with E-state index in [0.717, 1.165) is 25.7 Å². The molecule has 2 rings (SSSR count). The number of halogens is 1. The quantitative estimate of drug-likeness (QED) is 0.805. The summed E-state index contributed by atoms with van der Waals surface area (Å²) >= 11 is 0. The minimum atomic E-state index is -0.534. The van der Waals surface area contributed by atoms with Gasteiger partial charge in [0.1, 0.15) is 17.3 Å². The van der Waals surface area contributed by atoms with E-state index in [1.807, 2.05) is 0 Å². The summed E-state index contributed by atoms with van der Waals surface area (Å²) in [7, 11) is 1.56. The van der Waals surface area contributed by atoms with E-state index in [9.17, 15) is 9.18 Å². The summed E-state index contributed by atoms with van der Waals surface area (Å²) in [5.74, 6) is 0.413. The minimum Gasteiger partial charge on any atom is -0.496 e. The molecule has 1 aromatic carbocycles. The number of methoxy groups -OCH3 is 1. The molecule has 0 amide bonds. The first-order chi connectivity index (χ1) is 8.10. The lowest BCUT2D eigenvalue weighted by atomic mass is 9.75. The van der Waals surface area contributed by atoms with Crippen molar-refractivity contribution in [1.82, 2.24) is 0 Å². The molecule has 0 bridgehead atoms. The van der Waals surface area contributed by atoms with Crippen molar-refractivity contribution in [1.29, 1.82) is 0 Å². The molecule has 1 aliphatic rings. The zero-order valence-electron chi connectivity index (χ0n) is 10.3. The lowest BCUT2D eigenvalue weighted by molar-refractivity contribution is -0.122. The van der Waals surface area contributed by atoms with Crippen LogP contribution in [0.3, 0.4) is 0 Å². The number of hydrogen-bond acceptors (Lipinski definition) is 2. The molecule has 92 valence electrons. The van der Waals surface area contributed by atoms with Crippen LogP contribution in [0, 0.1) is 5.82 Å². The van der Waals surface area contributed by atoms with Crippen molar-refractivity contribution < 1.29 is 13.9 Å². The van der Waals surface area contributed by atoms with Gasteiger partial charge in [0.2, 0.25) is 0 Å². The number of ether oxygens (including phenoxy) is 1. The normalized spacial score (nSPS) is 18.1. The fraction of sp³-hybridized carbons (Fsp3) is 0.500. The smallest absolute Gasteiger partial charge is 0.140 e. The van der Waals surface area contributed by atoms with E-state index in [0.29, 0.717) is 11.3 Å². The highest BCUT2D eigenvalue weighted by Gasteiger charge is 2.42. The van der Waals surface area contributed by atoms with E-state index in [4.69, 9.17) is 4.74 Å². The van der Waals surface area contributed by atoms with Crippen LogP contribution in [0.5, 0.6) is 5.75 Å². The van der Waals surface area contributed by atoms with E-state index in [-0.39, 0.29) is 11.6 Å². The number of Topliss-reactive ketones (excluding diaryl/α,β-unsaturated/α-hetero) is 1. The molecular weight excluding hydrogens is 219 g/mol. The molecule has 0 N–H and O–H groups in total. The molecule has 1 aromatic rings. The third kappa shape index (κ3) is 1.94. The molecule has 3 heteroatoms. The SMILES string of the molecule is COc1ccc(F)cc1C1(C(C)=O)CCCC1. The molecular formula is C14H17FO2. The Kier molecular flexibility index (Phi) is 3.18. The molecule has 0 aliphatic heterocycles. The predicted molar refractivity (Wildman–Crippen MR) is 63.8 cm³/mol. The third-order valence-electron chi connectivity index (χ3n) is 3.81. The van der Waals surface area contributed by atoms with Crippen molar-refractivity contribution in [3.8, 4) is 5.75 Å². The molecule has 0 atom stereocenters.